The maximum atomic E-state index is 12.3. The maximum Gasteiger partial charge on any atom is 0.316 e. The quantitative estimate of drug-likeness (QED) is 0.433. The zero-order valence-electron chi connectivity index (χ0n) is 11.6. The summed E-state index contributed by atoms with van der Waals surface area (Å²) < 4.78 is 9.42. The van der Waals surface area contributed by atoms with Crippen molar-refractivity contribution in [3.63, 3.8) is 0 Å². The summed E-state index contributed by atoms with van der Waals surface area (Å²) in [6, 6.07) is 8.47. The van der Waals surface area contributed by atoms with Gasteiger partial charge in [-0.3, -0.25) is 14.4 Å². The van der Waals surface area contributed by atoms with Gasteiger partial charge < -0.3 is 9.47 Å². The topological polar surface area (TPSA) is 69.7 Å². The van der Waals surface area contributed by atoms with Crippen LogP contribution in [0.15, 0.2) is 30.3 Å². The summed E-state index contributed by atoms with van der Waals surface area (Å²) in [5.41, 5.74) is 0.423. The number of ether oxygens (including phenoxy) is 2. The van der Waals surface area contributed by atoms with E-state index in [-0.39, 0.29) is 25.2 Å². The number of hydrogen-bond donors (Lipinski definition) is 0. The fourth-order valence-corrected chi connectivity index (χ4v) is 1.80. The van der Waals surface area contributed by atoms with Gasteiger partial charge in [-0.15, -0.1) is 0 Å². The number of Topliss-reactive ketones (excluding diaryl/α,β-unsaturated/α-hetero) is 1. The van der Waals surface area contributed by atoms with Crippen molar-refractivity contribution < 1.29 is 23.9 Å². The summed E-state index contributed by atoms with van der Waals surface area (Å²) in [6.45, 7) is 1.97. The molecule has 1 rings (SSSR count). The van der Waals surface area contributed by atoms with E-state index in [9.17, 15) is 14.4 Å². The highest BCUT2D eigenvalue weighted by atomic mass is 16.5. The highest BCUT2D eigenvalue weighted by Gasteiger charge is 2.29. The van der Waals surface area contributed by atoms with Crippen LogP contribution < -0.4 is 0 Å². The minimum atomic E-state index is -0.980. The third kappa shape index (κ3) is 4.50. The molecule has 0 aliphatic heterocycles. The number of hydrogen-bond acceptors (Lipinski definition) is 5. The molecule has 1 atom stereocenters. The molecule has 0 saturated heterocycles. The van der Waals surface area contributed by atoms with E-state index in [1.165, 1.54) is 7.11 Å². The Bertz CT molecular complexity index is 466. The molecule has 0 heterocycles. The zero-order chi connectivity index (χ0) is 15.0. The molecule has 0 spiro atoms. The largest absolute Gasteiger partial charge is 0.468 e. The highest BCUT2D eigenvalue weighted by Crippen LogP contribution is 2.16. The van der Waals surface area contributed by atoms with Crippen LogP contribution in [0.2, 0.25) is 0 Å². The van der Waals surface area contributed by atoms with Gasteiger partial charge >= 0.3 is 11.9 Å². The van der Waals surface area contributed by atoms with Crippen LogP contribution in [0.3, 0.4) is 0 Å². The van der Waals surface area contributed by atoms with Gasteiger partial charge in [0.1, 0.15) is 5.92 Å². The minimum absolute atomic E-state index is 0.00613. The summed E-state index contributed by atoms with van der Waals surface area (Å²) in [5, 5.41) is 0. The predicted molar refractivity (Wildman–Crippen MR) is 72.1 cm³/mol. The Balaban J connectivity index is 2.77. The van der Waals surface area contributed by atoms with Crippen molar-refractivity contribution >= 4 is 17.7 Å². The second-order valence-electron chi connectivity index (χ2n) is 4.15. The molecule has 1 unspecified atom stereocenters. The van der Waals surface area contributed by atoms with Crippen molar-refractivity contribution in [2.75, 3.05) is 13.7 Å². The van der Waals surface area contributed by atoms with E-state index < -0.39 is 17.9 Å². The van der Waals surface area contributed by atoms with Crippen LogP contribution in [-0.2, 0) is 19.1 Å². The smallest absolute Gasteiger partial charge is 0.316 e. The van der Waals surface area contributed by atoms with E-state index >= 15 is 0 Å². The van der Waals surface area contributed by atoms with Gasteiger partial charge in [0.25, 0.3) is 0 Å². The summed E-state index contributed by atoms with van der Waals surface area (Å²) in [4.78, 5) is 35.3. The van der Waals surface area contributed by atoms with E-state index in [4.69, 9.17) is 4.74 Å². The van der Waals surface area contributed by atoms with Gasteiger partial charge in [0, 0.05) is 12.0 Å². The third-order valence-electron chi connectivity index (χ3n) is 2.80. The Labute approximate surface area is 117 Å². The van der Waals surface area contributed by atoms with Crippen molar-refractivity contribution in [2.24, 2.45) is 5.92 Å². The lowest BCUT2D eigenvalue weighted by Gasteiger charge is -2.13. The molecule has 20 heavy (non-hydrogen) atoms. The number of methoxy groups -OCH3 is 1. The van der Waals surface area contributed by atoms with E-state index in [2.05, 4.69) is 4.74 Å². The Morgan fingerprint density at radius 1 is 1.15 bits per heavy atom. The van der Waals surface area contributed by atoms with Crippen LogP contribution in [0.4, 0.5) is 0 Å². The third-order valence-corrected chi connectivity index (χ3v) is 2.80. The molecular formula is C15H18O5. The first kappa shape index (κ1) is 15.9. The maximum absolute atomic E-state index is 12.3. The number of benzene rings is 1. The monoisotopic (exact) mass is 278 g/mol. The minimum Gasteiger partial charge on any atom is -0.468 e. The normalized spacial score (nSPS) is 11.5. The van der Waals surface area contributed by atoms with Crippen LogP contribution >= 0.6 is 0 Å². The Kier molecular flexibility index (Phi) is 6.43. The summed E-state index contributed by atoms with van der Waals surface area (Å²) in [7, 11) is 1.22. The van der Waals surface area contributed by atoms with Gasteiger partial charge in [-0.1, -0.05) is 30.3 Å². The highest BCUT2D eigenvalue weighted by molar-refractivity contribution is 6.08. The molecule has 0 aliphatic rings. The zero-order valence-corrected chi connectivity index (χ0v) is 11.6. The lowest BCUT2D eigenvalue weighted by atomic mass is 9.93. The Hall–Kier alpha value is -2.17. The number of esters is 2. The number of carbonyl (C=O) groups excluding carboxylic acids is 3. The van der Waals surface area contributed by atoms with Crippen LogP contribution in [0, 0.1) is 5.92 Å². The van der Waals surface area contributed by atoms with Gasteiger partial charge in [-0.25, -0.2) is 0 Å². The van der Waals surface area contributed by atoms with Crippen molar-refractivity contribution in [1.29, 1.82) is 0 Å². The average molecular weight is 278 g/mol. The predicted octanol–water partition coefficient (Wildman–Crippen LogP) is 2.00. The molecule has 1 aromatic carbocycles. The lowest BCUT2D eigenvalue weighted by Crippen LogP contribution is -2.26. The molecule has 0 saturated carbocycles. The number of ketones is 1. The Morgan fingerprint density at radius 2 is 1.80 bits per heavy atom. The second-order valence-corrected chi connectivity index (χ2v) is 4.15. The molecule has 0 aromatic heterocycles. The van der Waals surface area contributed by atoms with E-state index in [0.717, 1.165) is 0 Å². The van der Waals surface area contributed by atoms with Crippen molar-refractivity contribution in [3.8, 4) is 0 Å². The first-order valence-corrected chi connectivity index (χ1v) is 6.42. The van der Waals surface area contributed by atoms with Gasteiger partial charge in [0.2, 0.25) is 0 Å². The van der Waals surface area contributed by atoms with Gasteiger partial charge in [-0.2, -0.15) is 0 Å². The lowest BCUT2D eigenvalue weighted by molar-refractivity contribution is -0.145. The summed E-state index contributed by atoms with van der Waals surface area (Å²) in [5.74, 6) is -2.39. The first-order valence-electron chi connectivity index (χ1n) is 6.42. The van der Waals surface area contributed by atoms with Gasteiger partial charge in [0.05, 0.1) is 13.7 Å². The van der Waals surface area contributed by atoms with E-state index in [1.807, 2.05) is 0 Å². The van der Waals surface area contributed by atoms with Crippen molar-refractivity contribution in [3.05, 3.63) is 35.9 Å². The summed E-state index contributed by atoms with van der Waals surface area (Å²) >= 11 is 0. The van der Waals surface area contributed by atoms with Crippen molar-refractivity contribution in [2.45, 2.75) is 19.8 Å². The van der Waals surface area contributed by atoms with E-state index in [0.29, 0.717) is 5.56 Å². The van der Waals surface area contributed by atoms with E-state index in [1.54, 1.807) is 37.3 Å². The number of carbonyl (C=O) groups is 3. The van der Waals surface area contributed by atoms with Crippen LogP contribution in [0.5, 0.6) is 0 Å². The first-order chi connectivity index (χ1) is 9.60. The molecule has 0 amide bonds. The molecule has 108 valence electrons. The molecule has 0 bridgehead atoms. The second kappa shape index (κ2) is 8.09. The van der Waals surface area contributed by atoms with Crippen molar-refractivity contribution in [1.82, 2.24) is 0 Å². The van der Waals surface area contributed by atoms with Gasteiger partial charge in [-0.05, 0) is 13.3 Å². The molecule has 5 nitrogen and oxygen atoms in total. The summed E-state index contributed by atoms with van der Waals surface area (Å²) in [6.07, 6.45) is 0.0887. The molecule has 0 fully saturated rings. The molecule has 0 N–H and O–H groups in total. The van der Waals surface area contributed by atoms with Gasteiger partial charge in [0.15, 0.2) is 5.78 Å². The molecule has 5 heteroatoms. The number of rotatable bonds is 7. The molecular weight excluding hydrogens is 260 g/mol. The van der Waals surface area contributed by atoms with Crippen LogP contribution in [0.1, 0.15) is 30.1 Å². The molecule has 1 aromatic rings. The average Bonchev–Trinajstić information content (AvgIpc) is 2.48. The standard InChI is InChI=1S/C15H18O5/c1-3-20-13(16)10-9-12(15(18)19-2)14(17)11-7-5-4-6-8-11/h4-8,12H,3,9-10H2,1-2H3. The van der Waals surface area contributed by atoms with Crippen LogP contribution in [0.25, 0.3) is 0 Å². The van der Waals surface area contributed by atoms with Crippen LogP contribution in [-0.4, -0.2) is 31.4 Å². The molecule has 0 radical (unpaired) electrons. The molecule has 0 aliphatic carbocycles. The Morgan fingerprint density at radius 3 is 2.35 bits per heavy atom. The fraction of sp³-hybridized carbons (Fsp3) is 0.400. The SMILES string of the molecule is CCOC(=O)CCC(C(=O)OC)C(=O)c1ccccc1. The fourth-order valence-electron chi connectivity index (χ4n) is 1.80.